The van der Waals surface area contributed by atoms with E-state index in [9.17, 15) is 4.79 Å². The fourth-order valence-corrected chi connectivity index (χ4v) is 2.17. The Bertz CT molecular complexity index is 576. The van der Waals surface area contributed by atoms with Crippen molar-refractivity contribution in [3.05, 3.63) is 59.7 Å². The second kappa shape index (κ2) is 6.48. The maximum absolute atomic E-state index is 12.4. The Labute approximate surface area is 123 Å². The van der Waals surface area contributed by atoms with E-state index >= 15 is 0 Å². The molecule has 0 aliphatic rings. The Morgan fingerprint density at radius 2 is 1.35 bits per heavy atom. The molecule has 2 aromatic rings. The van der Waals surface area contributed by atoms with E-state index in [1.807, 2.05) is 24.3 Å². The molecule has 0 N–H and O–H groups in total. The lowest BCUT2D eigenvalue weighted by atomic mass is 10.0. The fourth-order valence-electron chi connectivity index (χ4n) is 1.85. The van der Waals surface area contributed by atoms with Gasteiger partial charge in [0.05, 0.1) is 19.5 Å². The van der Waals surface area contributed by atoms with E-state index in [-0.39, 0.29) is 5.78 Å². The molecule has 0 saturated heterocycles. The van der Waals surface area contributed by atoms with E-state index in [1.54, 1.807) is 38.5 Å². The molecule has 0 aromatic heterocycles. The first kappa shape index (κ1) is 14.5. The number of carbonyl (C=O) groups excluding carboxylic acids is 1. The van der Waals surface area contributed by atoms with Crippen LogP contribution in [0.1, 0.15) is 21.2 Å². The van der Waals surface area contributed by atoms with Crippen LogP contribution in [-0.4, -0.2) is 20.0 Å². The van der Waals surface area contributed by atoms with Crippen molar-refractivity contribution in [2.45, 2.75) is 5.25 Å². The molecule has 0 spiro atoms. The lowest BCUT2D eigenvalue weighted by molar-refractivity contribution is 0.0990. The van der Waals surface area contributed by atoms with Crippen molar-refractivity contribution in [1.29, 1.82) is 0 Å². The number of carbonyl (C=O) groups is 1. The highest BCUT2D eigenvalue weighted by atomic mass is 32.1. The predicted molar refractivity (Wildman–Crippen MR) is 82.0 cm³/mol. The van der Waals surface area contributed by atoms with Crippen LogP contribution in [0.5, 0.6) is 11.5 Å². The van der Waals surface area contributed by atoms with Gasteiger partial charge in [-0.25, -0.2) is 0 Å². The first-order valence-corrected chi connectivity index (χ1v) is 6.67. The summed E-state index contributed by atoms with van der Waals surface area (Å²) in [6, 6.07) is 14.3. The van der Waals surface area contributed by atoms with Crippen LogP contribution in [0.25, 0.3) is 0 Å². The van der Waals surface area contributed by atoms with Gasteiger partial charge >= 0.3 is 0 Å². The predicted octanol–water partition coefficient (Wildman–Crippen LogP) is 3.56. The Hall–Kier alpha value is -1.94. The average Bonchev–Trinajstić information content (AvgIpc) is 2.53. The number of benzene rings is 2. The van der Waals surface area contributed by atoms with Gasteiger partial charge in [-0.2, -0.15) is 12.6 Å². The number of Topliss-reactive ketones (excluding diaryl/α,β-unsaturated/α-hetero) is 1. The zero-order chi connectivity index (χ0) is 14.5. The molecular formula is C16H16O3S. The molecule has 0 heterocycles. The fraction of sp³-hybridized carbons (Fsp3) is 0.188. The first-order valence-electron chi connectivity index (χ1n) is 6.16. The van der Waals surface area contributed by atoms with Crippen LogP contribution in [-0.2, 0) is 0 Å². The first-order chi connectivity index (χ1) is 9.65. The van der Waals surface area contributed by atoms with E-state index in [1.165, 1.54) is 0 Å². The number of methoxy groups -OCH3 is 2. The number of hydrogen-bond acceptors (Lipinski definition) is 4. The third kappa shape index (κ3) is 3.14. The molecule has 2 rings (SSSR count). The standard InChI is InChI=1S/C16H16O3S/c1-18-13-7-3-11(4-8-13)15(17)16(20)12-5-9-14(19-2)10-6-12/h3-10,16,20H,1-2H3. The van der Waals surface area contributed by atoms with Crippen LogP contribution in [0.4, 0.5) is 0 Å². The molecule has 104 valence electrons. The number of ketones is 1. The lowest BCUT2D eigenvalue weighted by Gasteiger charge is -2.11. The molecule has 0 aliphatic carbocycles. The summed E-state index contributed by atoms with van der Waals surface area (Å²) in [5.74, 6) is 1.44. The molecule has 0 bridgehead atoms. The van der Waals surface area contributed by atoms with Crippen LogP contribution >= 0.6 is 12.6 Å². The molecule has 0 fully saturated rings. The summed E-state index contributed by atoms with van der Waals surface area (Å²) in [4.78, 5) is 12.4. The van der Waals surface area contributed by atoms with Gasteiger partial charge in [0, 0.05) is 5.56 Å². The maximum atomic E-state index is 12.4. The van der Waals surface area contributed by atoms with E-state index in [0.29, 0.717) is 5.56 Å². The van der Waals surface area contributed by atoms with Gasteiger partial charge in [-0.05, 0) is 42.0 Å². The normalized spacial score (nSPS) is 11.8. The van der Waals surface area contributed by atoms with Gasteiger partial charge in [0.1, 0.15) is 11.5 Å². The molecule has 2 aromatic carbocycles. The summed E-state index contributed by atoms with van der Waals surface area (Å²) in [5.41, 5.74) is 1.46. The molecule has 4 heteroatoms. The van der Waals surface area contributed by atoms with Gasteiger partial charge in [-0.15, -0.1) is 0 Å². The monoisotopic (exact) mass is 288 g/mol. The molecule has 1 atom stereocenters. The highest BCUT2D eigenvalue weighted by Crippen LogP contribution is 2.27. The Balaban J connectivity index is 2.17. The van der Waals surface area contributed by atoms with Crippen molar-refractivity contribution >= 4 is 18.4 Å². The second-order valence-electron chi connectivity index (χ2n) is 4.27. The molecular weight excluding hydrogens is 272 g/mol. The molecule has 0 radical (unpaired) electrons. The van der Waals surface area contributed by atoms with Crippen molar-refractivity contribution in [3.8, 4) is 11.5 Å². The molecule has 0 amide bonds. The van der Waals surface area contributed by atoms with Gasteiger partial charge in [-0.3, -0.25) is 4.79 Å². The largest absolute Gasteiger partial charge is 0.497 e. The van der Waals surface area contributed by atoms with Crippen molar-refractivity contribution < 1.29 is 14.3 Å². The Morgan fingerprint density at radius 1 is 0.900 bits per heavy atom. The topological polar surface area (TPSA) is 35.5 Å². The number of ether oxygens (including phenoxy) is 2. The second-order valence-corrected chi connectivity index (χ2v) is 4.78. The SMILES string of the molecule is COc1ccc(C(=O)C(S)c2ccc(OC)cc2)cc1. The minimum absolute atomic E-state index is 0.0406. The Kier molecular flexibility index (Phi) is 4.69. The summed E-state index contributed by atoms with van der Waals surface area (Å²) < 4.78 is 10.2. The van der Waals surface area contributed by atoms with E-state index in [0.717, 1.165) is 17.1 Å². The van der Waals surface area contributed by atoms with Crippen molar-refractivity contribution in [2.75, 3.05) is 14.2 Å². The van der Waals surface area contributed by atoms with Crippen LogP contribution in [0.3, 0.4) is 0 Å². The molecule has 1 unspecified atom stereocenters. The zero-order valence-corrected chi connectivity index (χ0v) is 12.3. The number of hydrogen-bond donors (Lipinski definition) is 1. The van der Waals surface area contributed by atoms with Gasteiger partial charge in [-0.1, -0.05) is 12.1 Å². The third-order valence-electron chi connectivity index (χ3n) is 3.05. The average molecular weight is 288 g/mol. The summed E-state index contributed by atoms with van der Waals surface area (Å²) in [5, 5.41) is -0.491. The van der Waals surface area contributed by atoms with Gasteiger partial charge in [0.2, 0.25) is 0 Å². The number of thiol groups is 1. The maximum Gasteiger partial charge on any atom is 0.179 e. The van der Waals surface area contributed by atoms with Crippen molar-refractivity contribution in [1.82, 2.24) is 0 Å². The van der Waals surface area contributed by atoms with E-state index < -0.39 is 5.25 Å². The Morgan fingerprint density at radius 3 is 1.80 bits per heavy atom. The third-order valence-corrected chi connectivity index (χ3v) is 3.59. The molecule has 0 aliphatic heterocycles. The van der Waals surface area contributed by atoms with E-state index in [2.05, 4.69) is 12.6 Å². The highest BCUT2D eigenvalue weighted by molar-refractivity contribution is 7.81. The zero-order valence-electron chi connectivity index (χ0n) is 11.4. The molecule has 0 saturated carbocycles. The smallest absolute Gasteiger partial charge is 0.179 e. The van der Waals surface area contributed by atoms with Crippen molar-refractivity contribution in [2.24, 2.45) is 0 Å². The minimum atomic E-state index is -0.491. The lowest BCUT2D eigenvalue weighted by Crippen LogP contribution is -2.07. The molecule has 20 heavy (non-hydrogen) atoms. The van der Waals surface area contributed by atoms with Gasteiger partial charge in [0.25, 0.3) is 0 Å². The van der Waals surface area contributed by atoms with Crippen LogP contribution in [0, 0.1) is 0 Å². The van der Waals surface area contributed by atoms with Crippen LogP contribution < -0.4 is 9.47 Å². The van der Waals surface area contributed by atoms with E-state index in [4.69, 9.17) is 9.47 Å². The summed E-state index contributed by atoms with van der Waals surface area (Å²) in [6.07, 6.45) is 0. The summed E-state index contributed by atoms with van der Waals surface area (Å²) >= 11 is 4.42. The number of rotatable bonds is 5. The van der Waals surface area contributed by atoms with Gasteiger partial charge in [0.15, 0.2) is 5.78 Å². The highest BCUT2D eigenvalue weighted by Gasteiger charge is 2.18. The van der Waals surface area contributed by atoms with Gasteiger partial charge < -0.3 is 9.47 Å². The van der Waals surface area contributed by atoms with Crippen molar-refractivity contribution in [3.63, 3.8) is 0 Å². The quantitative estimate of drug-likeness (QED) is 0.675. The summed E-state index contributed by atoms with van der Waals surface area (Å²) in [6.45, 7) is 0. The summed E-state index contributed by atoms with van der Waals surface area (Å²) in [7, 11) is 3.20. The van der Waals surface area contributed by atoms with Crippen LogP contribution in [0.15, 0.2) is 48.5 Å². The molecule has 3 nitrogen and oxygen atoms in total. The van der Waals surface area contributed by atoms with Crippen LogP contribution in [0.2, 0.25) is 0 Å². The minimum Gasteiger partial charge on any atom is -0.497 e.